The highest BCUT2D eigenvalue weighted by atomic mass is 16.2. The van der Waals surface area contributed by atoms with Crippen molar-refractivity contribution in [1.82, 2.24) is 39.2 Å². The van der Waals surface area contributed by atoms with E-state index in [1.165, 1.54) is 0 Å². The summed E-state index contributed by atoms with van der Waals surface area (Å²) in [4.78, 5) is 19.6. The maximum atomic E-state index is 13.0. The van der Waals surface area contributed by atoms with Crippen LogP contribution in [0.4, 0.5) is 0 Å². The molecule has 9 nitrogen and oxygen atoms in total. The molecule has 1 fully saturated rings. The monoisotopic (exact) mass is 418 g/mol. The average Bonchev–Trinajstić information content (AvgIpc) is 3.52. The molecule has 4 aromatic rings. The van der Waals surface area contributed by atoms with Gasteiger partial charge in [0.2, 0.25) is 0 Å². The summed E-state index contributed by atoms with van der Waals surface area (Å²) in [5, 5.41) is 13.0. The second kappa shape index (κ2) is 7.98. The van der Waals surface area contributed by atoms with Crippen molar-refractivity contribution in [3.8, 4) is 0 Å². The Hall–Kier alpha value is -3.49. The second-order valence-electron chi connectivity index (χ2n) is 8.03. The number of piperidine rings is 1. The number of fused-ring (bicyclic) bond motifs is 1. The molecule has 0 spiro atoms. The van der Waals surface area contributed by atoms with Crippen LogP contribution in [-0.2, 0) is 13.2 Å². The van der Waals surface area contributed by atoms with Crippen LogP contribution in [0.1, 0.15) is 47.7 Å². The number of hydrogen-bond donors (Lipinski definition) is 0. The normalized spacial score (nSPS) is 15.1. The zero-order valence-electron chi connectivity index (χ0n) is 17.8. The van der Waals surface area contributed by atoms with E-state index in [2.05, 4.69) is 25.0 Å². The summed E-state index contributed by atoms with van der Waals surface area (Å²) in [6, 6.07) is 9.84. The van der Waals surface area contributed by atoms with Gasteiger partial charge in [-0.15, -0.1) is 5.10 Å². The number of benzene rings is 1. The zero-order valence-corrected chi connectivity index (χ0v) is 17.8. The number of imidazole rings is 1. The van der Waals surface area contributed by atoms with E-state index in [1.54, 1.807) is 4.68 Å². The number of carbonyl (C=O) groups excluding carboxylic acids is 1. The molecule has 1 saturated heterocycles. The van der Waals surface area contributed by atoms with E-state index < -0.39 is 0 Å². The van der Waals surface area contributed by atoms with Gasteiger partial charge in [0, 0.05) is 37.9 Å². The third-order valence-electron chi connectivity index (χ3n) is 6.02. The van der Waals surface area contributed by atoms with Gasteiger partial charge in [-0.05, 0) is 44.9 Å². The molecule has 0 saturated carbocycles. The standard InChI is InChI=1S/C22H26N8O/c1-3-29-20(14-16(2)25-29)22(31)27-11-8-17(9-12-27)21-23-10-13-28(21)15-30-19-7-5-4-6-18(19)24-26-30/h4-7,10,13-14,17H,3,8-9,11-12,15H2,1-2H3. The molecule has 9 heteroatoms. The maximum Gasteiger partial charge on any atom is 0.272 e. The van der Waals surface area contributed by atoms with Gasteiger partial charge in [-0.25, -0.2) is 9.67 Å². The van der Waals surface area contributed by atoms with E-state index in [0.29, 0.717) is 24.8 Å². The molecule has 4 heterocycles. The molecule has 160 valence electrons. The average molecular weight is 419 g/mol. The van der Waals surface area contributed by atoms with Crippen LogP contribution in [0.3, 0.4) is 0 Å². The van der Waals surface area contributed by atoms with E-state index in [-0.39, 0.29) is 5.91 Å². The molecule has 1 aliphatic heterocycles. The summed E-state index contributed by atoms with van der Waals surface area (Å²) < 4.78 is 5.82. The van der Waals surface area contributed by atoms with Crippen LogP contribution < -0.4 is 0 Å². The number of hydrogen-bond acceptors (Lipinski definition) is 5. The molecule has 5 rings (SSSR count). The van der Waals surface area contributed by atoms with Crippen LogP contribution in [0.5, 0.6) is 0 Å². The number of likely N-dealkylation sites (tertiary alicyclic amines) is 1. The quantitative estimate of drug-likeness (QED) is 0.497. The molecule has 1 amide bonds. The molecule has 31 heavy (non-hydrogen) atoms. The molecule has 0 radical (unpaired) electrons. The largest absolute Gasteiger partial charge is 0.337 e. The van der Waals surface area contributed by atoms with Crippen LogP contribution in [0, 0.1) is 6.92 Å². The van der Waals surface area contributed by atoms with Gasteiger partial charge >= 0.3 is 0 Å². The van der Waals surface area contributed by atoms with Gasteiger partial charge in [0.15, 0.2) is 0 Å². The first kappa shape index (κ1) is 19.5. The Morgan fingerprint density at radius 3 is 2.77 bits per heavy atom. The third-order valence-corrected chi connectivity index (χ3v) is 6.02. The molecular weight excluding hydrogens is 392 g/mol. The second-order valence-corrected chi connectivity index (χ2v) is 8.03. The number of aryl methyl sites for hydroxylation is 2. The number of para-hydroxylation sites is 1. The lowest BCUT2D eigenvalue weighted by atomic mass is 9.95. The summed E-state index contributed by atoms with van der Waals surface area (Å²) in [6.07, 6.45) is 5.61. The molecular formula is C22H26N8O. The van der Waals surface area contributed by atoms with E-state index in [4.69, 9.17) is 0 Å². The Bertz CT molecular complexity index is 1210. The Morgan fingerprint density at radius 2 is 1.97 bits per heavy atom. The Balaban J connectivity index is 1.28. The summed E-state index contributed by atoms with van der Waals surface area (Å²) in [7, 11) is 0. The summed E-state index contributed by atoms with van der Waals surface area (Å²) in [5.74, 6) is 1.42. The minimum Gasteiger partial charge on any atom is -0.337 e. The first-order valence-electron chi connectivity index (χ1n) is 10.8. The van der Waals surface area contributed by atoms with Gasteiger partial charge in [-0.3, -0.25) is 9.48 Å². The highest BCUT2D eigenvalue weighted by Crippen LogP contribution is 2.28. The fraction of sp³-hybridized carbons (Fsp3) is 0.409. The maximum absolute atomic E-state index is 13.0. The van der Waals surface area contributed by atoms with E-state index in [0.717, 1.165) is 48.5 Å². The Morgan fingerprint density at radius 1 is 1.16 bits per heavy atom. The van der Waals surface area contributed by atoms with Crippen LogP contribution in [0.2, 0.25) is 0 Å². The van der Waals surface area contributed by atoms with Crippen molar-refractivity contribution in [1.29, 1.82) is 0 Å². The SMILES string of the molecule is CCn1nc(C)cc1C(=O)N1CCC(c2nccn2Cn2nnc3ccccc32)CC1. The van der Waals surface area contributed by atoms with Crippen molar-refractivity contribution in [2.75, 3.05) is 13.1 Å². The molecule has 1 aliphatic rings. The minimum atomic E-state index is 0.0679. The van der Waals surface area contributed by atoms with E-state index >= 15 is 0 Å². The zero-order chi connectivity index (χ0) is 21.4. The van der Waals surface area contributed by atoms with Gasteiger partial charge in [-0.2, -0.15) is 5.10 Å². The van der Waals surface area contributed by atoms with Crippen molar-refractivity contribution in [3.05, 3.63) is 59.9 Å². The van der Waals surface area contributed by atoms with Crippen LogP contribution in [0.25, 0.3) is 11.0 Å². The van der Waals surface area contributed by atoms with Crippen LogP contribution in [-0.4, -0.2) is 58.2 Å². The number of nitrogens with zero attached hydrogens (tertiary/aromatic N) is 8. The van der Waals surface area contributed by atoms with Crippen molar-refractivity contribution in [3.63, 3.8) is 0 Å². The lowest BCUT2D eigenvalue weighted by Crippen LogP contribution is -2.39. The van der Waals surface area contributed by atoms with Gasteiger partial charge in [-0.1, -0.05) is 17.3 Å². The molecule has 0 bridgehead atoms. The molecule has 0 unspecified atom stereocenters. The molecule has 3 aromatic heterocycles. The summed E-state index contributed by atoms with van der Waals surface area (Å²) in [5.41, 5.74) is 3.45. The molecule has 1 aromatic carbocycles. The summed E-state index contributed by atoms with van der Waals surface area (Å²) in [6.45, 7) is 6.64. The lowest BCUT2D eigenvalue weighted by molar-refractivity contribution is 0.0697. The van der Waals surface area contributed by atoms with E-state index in [9.17, 15) is 4.79 Å². The van der Waals surface area contributed by atoms with Gasteiger partial charge in [0.25, 0.3) is 5.91 Å². The van der Waals surface area contributed by atoms with Crippen molar-refractivity contribution >= 4 is 16.9 Å². The van der Waals surface area contributed by atoms with Crippen molar-refractivity contribution < 1.29 is 4.79 Å². The van der Waals surface area contributed by atoms with Crippen molar-refractivity contribution in [2.45, 2.75) is 45.8 Å². The fourth-order valence-electron chi connectivity index (χ4n) is 4.43. The lowest BCUT2D eigenvalue weighted by Gasteiger charge is -2.32. The van der Waals surface area contributed by atoms with Crippen LogP contribution in [0.15, 0.2) is 42.7 Å². The molecule has 0 N–H and O–H groups in total. The Kier molecular flexibility index (Phi) is 5.01. The molecule has 0 aliphatic carbocycles. The predicted octanol–water partition coefficient (Wildman–Crippen LogP) is 2.68. The Labute approximate surface area is 180 Å². The topological polar surface area (TPSA) is 86.7 Å². The number of rotatable bonds is 5. The van der Waals surface area contributed by atoms with E-state index in [1.807, 2.05) is 66.2 Å². The highest BCUT2D eigenvalue weighted by Gasteiger charge is 2.28. The minimum absolute atomic E-state index is 0.0679. The van der Waals surface area contributed by atoms with Gasteiger partial charge < -0.3 is 9.47 Å². The number of aromatic nitrogens is 7. The highest BCUT2D eigenvalue weighted by molar-refractivity contribution is 5.92. The van der Waals surface area contributed by atoms with Gasteiger partial charge in [0.05, 0.1) is 11.2 Å². The first-order valence-corrected chi connectivity index (χ1v) is 10.8. The predicted molar refractivity (Wildman–Crippen MR) is 116 cm³/mol. The third kappa shape index (κ3) is 3.60. The summed E-state index contributed by atoms with van der Waals surface area (Å²) >= 11 is 0. The fourth-order valence-corrected chi connectivity index (χ4v) is 4.43. The smallest absolute Gasteiger partial charge is 0.272 e. The van der Waals surface area contributed by atoms with Crippen LogP contribution >= 0.6 is 0 Å². The first-order chi connectivity index (χ1) is 15.1. The number of amides is 1. The molecule has 0 atom stereocenters. The van der Waals surface area contributed by atoms with Crippen molar-refractivity contribution in [2.24, 2.45) is 0 Å². The van der Waals surface area contributed by atoms with Gasteiger partial charge in [0.1, 0.15) is 23.7 Å². The number of carbonyl (C=O) groups is 1.